The molecule has 0 amide bonds. The van der Waals surface area contributed by atoms with Crippen molar-refractivity contribution in [3.63, 3.8) is 0 Å². The SMILES string of the molecule is Brc1ccc(-c2cc(-c3c[nH]c4ccccc34)nc(N3CCOCC3)n2)cc1. The lowest BCUT2D eigenvalue weighted by molar-refractivity contribution is 0.122. The average Bonchev–Trinajstić information content (AvgIpc) is 3.19. The highest BCUT2D eigenvalue weighted by molar-refractivity contribution is 9.10. The van der Waals surface area contributed by atoms with Crippen molar-refractivity contribution in [3.05, 3.63) is 65.3 Å². The summed E-state index contributed by atoms with van der Waals surface area (Å²) in [6, 6.07) is 18.6. The minimum Gasteiger partial charge on any atom is -0.378 e. The Balaban J connectivity index is 1.67. The minimum absolute atomic E-state index is 0.703. The Hall–Kier alpha value is -2.70. The van der Waals surface area contributed by atoms with Crippen LogP contribution < -0.4 is 4.90 Å². The number of anilines is 1. The van der Waals surface area contributed by atoms with E-state index in [9.17, 15) is 0 Å². The summed E-state index contributed by atoms with van der Waals surface area (Å²) in [5, 5.41) is 1.16. The molecule has 0 radical (unpaired) electrons. The van der Waals surface area contributed by atoms with E-state index in [0.717, 1.165) is 56.9 Å². The first-order valence-corrected chi connectivity index (χ1v) is 10.1. The smallest absolute Gasteiger partial charge is 0.226 e. The van der Waals surface area contributed by atoms with Crippen molar-refractivity contribution < 1.29 is 4.74 Å². The first-order valence-electron chi connectivity index (χ1n) is 9.32. The van der Waals surface area contributed by atoms with Crippen molar-refractivity contribution >= 4 is 32.8 Å². The van der Waals surface area contributed by atoms with Crippen LogP contribution in [0.1, 0.15) is 0 Å². The van der Waals surface area contributed by atoms with Crippen LogP contribution in [0.15, 0.2) is 65.3 Å². The second-order valence-electron chi connectivity index (χ2n) is 6.79. The van der Waals surface area contributed by atoms with Gasteiger partial charge in [-0.3, -0.25) is 0 Å². The van der Waals surface area contributed by atoms with Gasteiger partial charge in [-0.2, -0.15) is 0 Å². The summed E-state index contributed by atoms with van der Waals surface area (Å²) in [5.41, 5.74) is 5.11. The zero-order valence-electron chi connectivity index (χ0n) is 15.2. The lowest BCUT2D eigenvalue weighted by Gasteiger charge is -2.27. The van der Waals surface area contributed by atoms with E-state index in [4.69, 9.17) is 14.7 Å². The summed E-state index contributed by atoms with van der Waals surface area (Å²) in [5.74, 6) is 0.754. The number of rotatable bonds is 3. The molecule has 3 heterocycles. The maximum atomic E-state index is 5.50. The molecule has 0 saturated carbocycles. The van der Waals surface area contributed by atoms with E-state index in [1.54, 1.807) is 0 Å². The van der Waals surface area contributed by atoms with Gasteiger partial charge < -0.3 is 14.6 Å². The van der Waals surface area contributed by atoms with Crippen LogP contribution in [0.5, 0.6) is 0 Å². The quantitative estimate of drug-likeness (QED) is 0.498. The van der Waals surface area contributed by atoms with Crippen molar-refractivity contribution in [1.29, 1.82) is 0 Å². The predicted octanol–water partition coefficient (Wildman–Crippen LogP) is 4.89. The van der Waals surface area contributed by atoms with E-state index >= 15 is 0 Å². The maximum absolute atomic E-state index is 5.50. The number of hydrogen-bond donors (Lipinski definition) is 1. The summed E-state index contributed by atoms with van der Waals surface area (Å²) in [6.45, 7) is 3.01. The normalized spacial score (nSPS) is 14.5. The van der Waals surface area contributed by atoms with Crippen LogP contribution in [-0.2, 0) is 4.74 Å². The van der Waals surface area contributed by atoms with Crippen LogP contribution in [0.25, 0.3) is 33.4 Å². The molecule has 1 saturated heterocycles. The number of morpholine rings is 1. The molecule has 2 aromatic heterocycles. The third-order valence-electron chi connectivity index (χ3n) is 5.01. The molecule has 2 aromatic carbocycles. The second kappa shape index (κ2) is 7.37. The minimum atomic E-state index is 0.703. The number of aromatic nitrogens is 3. The number of nitrogens with zero attached hydrogens (tertiary/aromatic N) is 3. The predicted molar refractivity (Wildman–Crippen MR) is 115 cm³/mol. The third kappa shape index (κ3) is 3.30. The van der Waals surface area contributed by atoms with Gasteiger partial charge in [0.05, 0.1) is 24.6 Å². The summed E-state index contributed by atoms with van der Waals surface area (Å²) >= 11 is 3.51. The van der Waals surface area contributed by atoms with Crippen molar-refractivity contribution in [2.45, 2.75) is 0 Å². The standard InChI is InChI=1S/C22H19BrN4O/c23-16-7-5-15(6-8-16)20-13-21(18-14-24-19-4-2-1-3-17(18)19)26-22(25-20)27-9-11-28-12-10-27/h1-8,13-14,24H,9-12H2. The number of fused-ring (bicyclic) bond motifs is 1. The van der Waals surface area contributed by atoms with Gasteiger partial charge in [0.2, 0.25) is 5.95 Å². The summed E-state index contributed by atoms with van der Waals surface area (Å²) < 4.78 is 6.55. The van der Waals surface area contributed by atoms with Crippen LogP contribution >= 0.6 is 15.9 Å². The van der Waals surface area contributed by atoms with Gasteiger partial charge in [-0.05, 0) is 24.3 Å². The molecule has 1 aliphatic heterocycles. The highest BCUT2D eigenvalue weighted by atomic mass is 79.9. The molecule has 140 valence electrons. The second-order valence-corrected chi connectivity index (χ2v) is 7.71. The molecule has 5 nitrogen and oxygen atoms in total. The highest BCUT2D eigenvalue weighted by Gasteiger charge is 2.18. The van der Waals surface area contributed by atoms with Crippen molar-refractivity contribution in [1.82, 2.24) is 15.0 Å². The molecule has 0 bridgehead atoms. The Morgan fingerprint density at radius 2 is 1.68 bits per heavy atom. The Morgan fingerprint density at radius 3 is 2.50 bits per heavy atom. The number of ether oxygens (including phenoxy) is 1. The molecular formula is C22H19BrN4O. The molecule has 1 fully saturated rings. The summed E-state index contributed by atoms with van der Waals surface area (Å²) in [4.78, 5) is 15.4. The van der Waals surface area contributed by atoms with E-state index < -0.39 is 0 Å². The third-order valence-corrected chi connectivity index (χ3v) is 5.54. The topological polar surface area (TPSA) is 54.0 Å². The molecule has 0 spiro atoms. The molecule has 1 N–H and O–H groups in total. The van der Waals surface area contributed by atoms with Gasteiger partial charge in [0.1, 0.15) is 0 Å². The molecule has 28 heavy (non-hydrogen) atoms. The lowest BCUT2D eigenvalue weighted by atomic mass is 10.1. The fraction of sp³-hybridized carbons (Fsp3) is 0.182. The summed E-state index contributed by atoms with van der Waals surface area (Å²) in [7, 11) is 0. The number of aromatic amines is 1. The zero-order valence-corrected chi connectivity index (χ0v) is 16.8. The number of halogens is 1. The molecule has 0 aliphatic carbocycles. The number of H-pyrrole nitrogens is 1. The van der Waals surface area contributed by atoms with E-state index in [0.29, 0.717) is 13.2 Å². The van der Waals surface area contributed by atoms with Crippen molar-refractivity contribution in [3.8, 4) is 22.5 Å². The summed E-state index contributed by atoms with van der Waals surface area (Å²) in [6.07, 6.45) is 2.03. The Kier molecular flexibility index (Phi) is 4.58. The highest BCUT2D eigenvalue weighted by Crippen LogP contribution is 2.31. The van der Waals surface area contributed by atoms with Gasteiger partial charge in [0, 0.05) is 45.8 Å². The van der Waals surface area contributed by atoms with Crippen LogP contribution in [0.3, 0.4) is 0 Å². The number of para-hydroxylation sites is 1. The number of nitrogens with one attached hydrogen (secondary N) is 1. The Labute approximate surface area is 171 Å². The molecule has 6 heteroatoms. The van der Waals surface area contributed by atoms with E-state index in [1.807, 2.05) is 24.4 Å². The fourth-order valence-electron chi connectivity index (χ4n) is 3.53. The number of hydrogen-bond acceptors (Lipinski definition) is 4. The maximum Gasteiger partial charge on any atom is 0.226 e. The van der Waals surface area contributed by atoms with E-state index in [-0.39, 0.29) is 0 Å². The van der Waals surface area contributed by atoms with Crippen molar-refractivity contribution in [2.75, 3.05) is 31.2 Å². The van der Waals surface area contributed by atoms with Crippen LogP contribution in [0, 0.1) is 0 Å². The molecule has 5 rings (SSSR count). The monoisotopic (exact) mass is 434 g/mol. The largest absolute Gasteiger partial charge is 0.378 e. The van der Waals surface area contributed by atoms with Crippen LogP contribution in [0.2, 0.25) is 0 Å². The van der Waals surface area contributed by atoms with Gasteiger partial charge in [0.15, 0.2) is 0 Å². The van der Waals surface area contributed by atoms with E-state index in [2.05, 4.69) is 62.2 Å². The van der Waals surface area contributed by atoms with E-state index in [1.165, 1.54) is 0 Å². The average molecular weight is 435 g/mol. The van der Waals surface area contributed by atoms with Crippen LogP contribution in [0.4, 0.5) is 5.95 Å². The van der Waals surface area contributed by atoms with Gasteiger partial charge in [-0.1, -0.05) is 46.3 Å². The fourth-order valence-corrected chi connectivity index (χ4v) is 3.79. The Morgan fingerprint density at radius 1 is 0.929 bits per heavy atom. The van der Waals surface area contributed by atoms with Gasteiger partial charge >= 0.3 is 0 Å². The first-order chi connectivity index (χ1) is 13.8. The van der Waals surface area contributed by atoms with Gasteiger partial charge in [0.25, 0.3) is 0 Å². The molecule has 4 aromatic rings. The Bertz CT molecular complexity index is 1120. The zero-order chi connectivity index (χ0) is 18.9. The first kappa shape index (κ1) is 17.4. The van der Waals surface area contributed by atoms with Crippen molar-refractivity contribution in [2.24, 2.45) is 0 Å². The van der Waals surface area contributed by atoms with Gasteiger partial charge in [-0.15, -0.1) is 0 Å². The molecule has 1 aliphatic rings. The molecule has 0 atom stereocenters. The lowest BCUT2D eigenvalue weighted by Crippen LogP contribution is -2.37. The number of benzene rings is 2. The molecule has 0 unspecified atom stereocenters. The molecular weight excluding hydrogens is 416 g/mol. The van der Waals surface area contributed by atoms with Crippen LogP contribution in [-0.4, -0.2) is 41.3 Å². The van der Waals surface area contributed by atoms with Gasteiger partial charge in [-0.25, -0.2) is 9.97 Å².